The van der Waals surface area contributed by atoms with Crippen molar-refractivity contribution in [1.29, 1.82) is 0 Å². The molecule has 0 spiro atoms. The molecule has 0 atom stereocenters. The number of nitrogens with zero attached hydrogens (tertiary/aromatic N) is 2. The van der Waals surface area contributed by atoms with Crippen molar-refractivity contribution in [2.45, 2.75) is 20.5 Å². The van der Waals surface area contributed by atoms with E-state index in [1.165, 1.54) is 23.5 Å². The summed E-state index contributed by atoms with van der Waals surface area (Å²) in [7, 11) is 0. The van der Waals surface area contributed by atoms with E-state index in [0.29, 0.717) is 25.8 Å². The van der Waals surface area contributed by atoms with Crippen LogP contribution >= 0.6 is 34.5 Å². The van der Waals surface area contributed by atoms with Gasteiger partial charge in [0.05, 0.1) is 20.6 Å². The second-order valence-corrected chi connectivity index (χ2v) is 9.59. The summed E-state index contributed by atoms with van der Waals surface area (Å²) in [5.74, 6) is 0.0150. The Bertz CT molecular complexity index is 1640. The molecule has 0 radical (unpaired) electrons. The smallest absolute Gasteiger partial charge is 0.274 e. The fraction of sp³-hybridized carbons (Fsp3) is 0.120. The molecular weight excluding hydrogens is 482 g/mol. The van der Waals surface area contributed by atoms with Gasteiger partial charge in [0.25, 0.3) is 5.56 Å². The molecule has 3 aromatic carbocycles. The third-order valence-electron chi connectivity index (χ3n) is 5.55. The summed E-state index contributed by atoms with van der Waals surface area (Å²) in [6.45, 7) is 3.97. The van der Waals surface area contributed by atoms with Crippen molar-refractivity contribution in [3.63, 3.8) is 0 Å². The van der Waals surface area contributed by atoms with Crippen LogP contribution in [-0.2, 0) is 6.61 Å². The Morgan fingerprint density at radius 1 is 1.12 bits per heavy atom. The highest BCUT2D eigenvalue weighted by molar-refractivity contribution is 7.15. The minimum atomic E-state index is -0.444. The molecule has 166 valence electrons. The Kier molecular flexibility index (Phi) is 5.60. The van der Waals surface area contributed by atoms with E-state index in [2.05, 4.69) is 4.98 Å². The minimum Gasteiger partial charge on any atom is -0.488 e. The van der Waals surface area contributed by atoms with Gasteiger partial charge in [0.15, 0.2) is 4.96 Å². The van der Waals surface area contributed by atoms with Crippen LogP contribution in [0, 0.1) is 19.7 Å². The van der Waals surface area contributed by atoms with Gasteiger partial charge < -0.3 is 4.74 Å². The predicted molar refractivity (Wildman–Crippen MR) is 132 cm³/mol. The van der Waals surface area contributed by atoms with E-state index in [1.807, 2.05) is 26.0 Å². The highest BCUT2D eigenvalue weighted by Crippen LogP contribution is 2.27. The molecule has 33 heavy (non-hydrogen) atoms. The summed E-state index contributed by atoms with van der Waals surface area (Å²) in [4.78, 5) is 18.5. The number of rotatable bonds is 4. The SMILES string of the molecule is Cc1cc2nc3sc(=Cc4cc(Cl)ccc4OCc4c(F)cccc4Cl)c(=O)n3c2cc1C. The number of halogens is 3. The highest BCUT2D eigenvalue weighted by atomic mass is 35.5. The molecule has 8 heteroatoms. The first-order valence-corrected chi connectivity index (χ1v) is 11.7. The molecule has 5 aromatic rings. The summed E-state index contributed by atoms with van der Waals surface area (Å²) < 4.78 is 22.1. The third kappa shape index (κ3) is 3.99. The van der Waals surface area contributed by atoms with Crippen molar-refractivity contribution in [1.82, 2.24) is 9.38 Å². The standard InChI is InChI=1S/C25H17Cl2FN2O2S/c1-13-8-20-21(9-14(13)2)30-24(31)23(33-25(30)29-20)11-15-10-16(26)6-7-22(15)32-12-17-18(27)4-3-5-19(17)28/h3-11H,12H2,1-2H3. The van der Waals surface area contributed by atoms with Crippen LogP contribution in [0.5, 0.6) is 5.75 Å². The number of aryl methyl sites for hydroxylation is 2. The second kappa shape index (κ2) is 8.45. The Labute approximate surface area is 202 Å². The average molecular weight is 499 g/mol. The molecule has 0 N–H and O–H groups in total. The van der Waals surface area contributed by atoms with Crippen LogP contribution in [-0.4, -0.2) is 9.38 Å². The van der Waals surface area contributed by atoms with Gasteiger partial charge in [-0.1, -0.05) is 40.6 Å². The molecule has 0 saturated heterocycles. The molecular formula is C25H17Cl2FN2O2S. The van der Waals surface area contributed by atoms with Gasteiger partial charge in [-0.05, 0) is 73.5 Å². The Hall–Kier alpha value is -2.93. The van der Waals surface area contributed by atoms with E-state index in [9.17, 15) is 9.18 Å². The van der Waals surface area contributed by atoms with Gasteiger partial charge in [-0.25, -0.2) is 13.8 Å². The Morgan fingerprint density at radius 3 is 2.70 bits per heavy atom. The zero-order chi connectivity index (χ0) is 23.3. The highest BCUT2D eigenvalue weighted by Gasteiger charge is 2.14. The number of aromatic nitrogens is 2. The fourth-order valence-electron chi connectivity index (χ4n) is 3.64. The summed E-state index contributed by atoms with van der Waals surface area (Å²) in [6, 6.07) is 13.5. The normalized spacial score (nSPS) is 12.2. The van der Waals surface area contributed by atoms with Crippen molar-refractivity contribution in [2.75, 3.05) is 0 Å². The van der Waals surface area contributed by atoms with Crippen LogP contribution in [0.15, 0.2) is 53.3 Å². The minimum absolute atomic E-state index is 0.0603. The van der Waals surface area contributed by atoms with Gasteiger partial charge in [0, 0.05) is 16.1 Å². The topological polar surface area (TPSA) is 43.6 Å². The zero-order valence-electron chi connectivity index (χ0n) is 17.7. The Balaban J connectivity index is 1.59. The summed E-state index contributed by atoms with van der Waals surface area (Å²) >= 11 is 13.6. The molecule has 0 aliphatic rings. The lowest BCUT2D eigenvalue weighted by Gasteiger charge is -2.11. The summed E-state index contributed by atoms with van der Waals surface area (Å²) in [5, 5.41) is 0.774. The van der Waals surface area contributed by atoms with Gasteiger partial charge in [-0.15, -0.1) is 0 Å². The van der Waals surface area contributed by atoms with Crippen LogP contribution in [0.3, 0.4) is 0 Å². The van der Waals surface area contributed by atoms with E-state index in [1.54, 1.807) is 34.7 Å². The van der Waals surface area contributed by atoms with Crippen LogP contribution in [0.2, 0.25) is 10.0 Å². The molecule has 0 unspecified atom stereocenters. The molecule has 0 aliphatic carbocycles. The maximum absolute atomic E-state index is 14.1. The molecule has 0 saturated carbocycles. The van der Waals surface area contributed by atoms with Crippen LogP contribution in [0.4, 0.5) is 4.39 Å². The fourth-order valence-corrected chi connectivity index (χ4v) is 5.02. The monoisotopic (exact) mass is 498 g/mol. The van der Waals surface area contributed by atoms with Crippen LogP contribution in [0.1, 0.15) is 22.3 Å². The first-order chi connectivity index (χ1) is 15.8. The number of benzene rings is 3. The zero-order valence-corrected chi connectivity index (χ0v) is 20.0. The molecule has 0 aliphatic heterocycles. The summed E-state index contributed by atoms with van der Waals surface area (Å²) in [5.41, 5.74) is 4.50. The van der Waals surface area contributed by atoms with Gasteiger partial charge in [-0.2, -0.15) is 0 Å². The molecule has 4 nitrogen and oxygen atoms in total. The van der Waals surface area contributed by atoms with E-state index in [-0.39, 0.29) is 22.8 Å². The van der Waals surface area contributed by atoms with Crippen molar-refractivity contribution in [3.05, 3.63) is 102 Å². The lowest BCUT2D eigenvalue weighted by atomic mass is 10.1. The molecule has 0 bridgehead atoms. The first-order valence-electron chi connectivity index (χ1n) is 10.1. The number of hydrogen-bond donors (Lipinski definition) is 0. The van der Waals surface area contributed by atoms with E-state index >= 15 is 0 Å². The number of fused-ring (bicyclic) bond motifs is 3. The molecule has 5 rings (SSSR count). The van der Waals surface area contributed by atoms with Crippen LogP contribution in [0.25, 0.3) is 22.1 Å². The van der Waals surface area contributed by atoms with Gasteiger partial charge in [0.2, 0.25) is 0 Å². The molecule has 2 aromatic heterocycles. The maximum Gasteiger partial charge on any atom is 0.274 e. The van der Waals surface area contributed by atoms with Crippen molar-refractivity contribution in [2.24, 2.45) is 0 Å². The number of hydrogen-bond acceptors (Lipinski definition) is 4. The van der Waals surface area contributed by atoms with Gasteiger partial charge in [0.1, 0.15) is 18.2 Å². The van der Waals surface area contributed by atoms with E-state index in [4.69, 9.17) is 27.9 Å². The summed E-state index contributed by atoms with van der Waals surface area (Å²) in [6.07, 6.45) is 1.72. The largest absolute Gasteiger partial charge is 0.488 e. The molecule has 2 heterocycles. The second-order valence-electron chi connectivity index (χ2n) is 7.74. The molecule has 0 amide bonds. The average Bonchev–Trinajstić information content (AvgIpc) is 3.25. The van der Waals surface area contributed by atoms with Crippen molar-refractivity contribution < 1.29 is 9.13 Å². The van der Waals surface area contributed by atoms with Crippen molar-refractivity contribution >= 4 is 56.6 Å². The predicted octanol–water partition coefficient (Wildman–Crippen LogP) is 6.10. The maximum atomic E-state index is 14.1. The van der Waals surface area contributed by atoms with Gasteiger partial charge in [-0.3, -0.25) is 4.79 Å². The van der Waals surface area contributed by atoms with E-state index < -0.39 is 5.82 Å². The Morgan fingerprint density at radius 2 is 1.91 bits per heavy atom. The third-order valence-corrected chi connectivity index (χ3v) is 7.10. The van der Waals surface area contributed by atoms with E-state index in [0.717, 1.165) is 22.2 Å². The lowest BCUT2D eigenvalue weighted by molar-refractivity contribution is 0.299. The first kappa shape index (κ1) is 21.9. The number of thiazole rings is 1. The quantitative estimate of drug-likeness (QED) is 0.300. The van der Waals surface area contributed by atoms with Gasteiger partial charge >= 0.3 is 0 Å². The van der Waals surface area contributed by atoms with Crippen molar-refractivity contribution in [3.8, 4) is 5.75 Å². The van der Waals surface area contributed by atoms with Crippen LogP contribution < -0.4 is 14.8 Å². The molecule has 0 fully saturated rings. The number of ether oxygens (including phenoxy) is 1. The lowest BCUT2D eigenvalue weighted by Crippen LogP contribution is -2.22. The number of imidazole rings is 1.